The molecule has 2 amide bonds. The lowest BCUT2D eigenvalue weighted by molar-refractivity contribution is -0.157. The predicted octanol–water partition coefficient (Wildman–Crippen LogP) is 2.42. The summed E-state index contributed by atoms with van der Waals surface area (Å²) in [5.74, 6) is -1.68. The van der Waals surface area contributed by atoms with Crippen LogP contribution >= 0.6 is 0 Å². The van der Waals surface area contributed by atoms with Crippen LogP contribution in [-0.4, -0.2) is 24.4 Å². The SMILES string of the molecule is CC(C)C(=O)OCC12c3ccccc3C3C4C(=O)NC(=O)C4C31c1ccccc12. The van der Waals surface area contributed by atoms with Crippen LogP contribution in [-0.2, 0) is 30.0 Å². The zero-order valence-electron chi connectivity index (χ0n) is 16.3. The van der Waals surface area contributed by atoms with Crippen LogP contribution in [0.15, 0.2) is 48.5 Å². The maximum absolute atomic E-state index is 12.9. The third-order valence-corrected chi connectivity index (χ3v) is 7.73. The molecule has 5 unspecified atom stereocenters. The van der Waals surface area contributed by atoms with Crippen LogP contribution in [0.3, 0.4) is 0 Å². The van der Waals surface area contributed by atoms with E-state index in [2.05, 4.69) is 29.6 Å². The maximum atomic E-state index is 12.9. The lowest BCUT2D eigenvalue weighted by Gasteiger charge is -2.68. The Morgan fingerprint density at radius 2 is 1.62 bits per heavy atom. The summed E-state index contributed by atoms with van der Waals surface area (Å²) >= 11 is 0. The van der Waals surface area contributed by atoms with E-state index in [-0.39, 0.29) is 42.1 Å². The van der Waals surface area contributed by atoms with Crippen molar-refractivity contribution in [3.8, 4) is 0 Å². The van der Waals surface area contributed by atoms with Crippen LogP contribution in [0, 0.1) is 17.8 Å². The monoisotopic (exact) mass is 387 g/mol. The van der Waals surface area contributed by atoms with E-state index in [0.717, 1.165) is 22.3 Å². The predicted molar refractivity (Wildman–Crippen MR) is 104 cm³/mol. The standard InChI is InChI=1S/C24H21NO4/c1-12(2)22(28)29-11-23-14-8-4-3-7-13(14)18-17-19(21(27)25-20(17)26)24(18,23)16-10-6-5-9-15(16)23/h3-10,12,17-19H,11H2,1-2H3,(H,25,26,27). The van der Waals surface area contributed by atoms with E-state index in [4.69, 9.17) is 4.74 Å². The molecule has 1 heterocycles. The van der Waals surface area contributed by atoms with E-state index in [1.165, 1.54) is 0 Å². The van der Waals surface area contributed by atoms with Gasteiger partial charge in [-0.25, -0.2) is 0 Å². The van der Waals surface area contributed by atoms with Gasteiger partial charge in [0.05, 0.1) is 23.2 Å². The number of imide groups is 1. The highest BCUT2D eigenvalue weighted by Crippen LogP contribution is 2.82. The van der Waals surface area contributed by atoms with Crippen molar-refractivity contribution >= 4 is 17.8 Å². The molecular formula is C24H21NO4. The number of esters is 1. The number of benzene rings is 2. The van der Waals surface area contributed by atoms with Crippen LogP contribution in [0.5, 0.6) is 0 Å². The Morgan fingerprint density at radius 3 is 2.34 bits per heavy atom. The van der Waals surface area contributed by atoms with Crippen molar-refractivity contribution in [2.45, 2.75) is 30.6 Å². The normalized spacial score (nSPS) is 34.8. The van der Waals surface area contributed by atoms with Crippen molar-refractivity contribution in [2.24, 2.45) is 17.8 Å². The van der Waals surface area contributed by atoms with Gasteiger partial charge < -0.3 is 4.74 Å². The Hall–Kier alpha value is -2.95. The molecule has 2 aromatic carbocycles. The van der Waals surface area contributed by atoms with Crippen LogP contribution in [0.4, 0.5) is 0 Å². The molecule has 29 heavy (non-hydrogen) atoms. The first-order valence-corrected chi connectivity index (χ1v) is 10.2. The number of hydrogen-bond donors (Lipinski definition) is 1. The molecule has 1 N–H and O–H groups in total. The van der Waals surface area contributed by atoms with Gasteiger partial charge in [0.25, 0.3) is 0 Å². The third kappa shape index (κ3) is 1.57. The highest BCUT2D eigenvalue weighted by atomic mass is 16.5. The Labute approximate surface area is 168 Å². The van der Waals surface area contributed by atoms with Gasteiger partial charge in [0.1, 0.15) is 6.61 Å². The summed E-state index contributed by atoms with van der Waals surface area (Å²) < 4.78 is 5.83. The number of amides is 2. The smallest absolute Gasteiger partial charge is 0.308 e. The summed E-state index contributed by atoms with van der Waals surface area (Å²) in [4.78, 5) is 37.9. The average Bonchev–Trinajstić information content (AvgIpc) is 3.01. The van der Waals surface area contributed by atoms with E-state index in [0.29, 0.717) is 0 Å². The number of rotatable bonds is 3. The summed E-state index contributed by atoms with van der Waals surface area (Å²) in [6.45, 7) is 3.83. The van der Waals surface area contributed by atoms with Gasteiger partial charge in [-0.2, -0.15) is 0 Å². The molecule has 0 radical (unpaired) electrons. The zero-order valence-corrected chi connectivity index (χ0v) is 16.3. The van der Waals surface area contributed by atoms with Crippen molar-refractivity contribution in [3.05, 3.63) is 70.8 Å². The van der Waals surface area contributed by atoms with Gasteiger partial charge in [0.15, 0.2) is 0 Å². The van der Waals surface area contributed by atoms with Crippen molar-refractivity contribution in [1.29, 1.82) is 0 Å². The van der Waals surface area contributed by atoms with Gasteiger partial charge in [0, 0.05) is 11.3 Å². The summed E-state index contributed by atoms with van der Waals surface area (Å²) in [6.07, 6.45) is 0. The number of fused-ring (bicyclic) bond motifs is 7. The maximum Gasteiger partial charge on any atom is 0.308 e. The van der Waals surface area contributed by atoms with Crippen molar-refractivity contribution in [3.63, 3.8) is 0 Å². The molecule has 6 rings (SSSR count). The summed E-state index contributed by atoms with van der Waals surface area (Å²) in [5, 5.41) is 2.56. The molecule has 5 nitrogen and oxygen atoms in total. The molecule has 1 aliphatic heterocycles. The van der Waals surface area contributed by atoms with E-state index >= 15 is 0 Å². The first kappa shape index (κ1) is 17.0. The molecule has 1 saturated carbocycles. The molecule has 0 bridgehead atoms. The van der Waals surface area contributed by atoms with Crippen LogP contribution in [0.1, 0.15) is 42.0 Å². The molecule has 1 spiro atoms. The average molecular weight is 387 g/mol. The first-order valence-electron chi connectivity index (χ1n) is 10.2. The van der Waals surface area contributed by atoms with Crippen LogP contribution in [0.2, 0.25) is 0 Å². The molecule has 0 aromatic heterocycles. The Morgan fingerprint density at radius 1 is 0.966 bits per heavy atom. The fraction of sp³-hybridized carbons (Fsp3) is 0.375. The fourth-order valence-electron chi connectivity index (χ4n) is 6.85. The second kappa shape index (κ2) is 5.15. The van der Waals surface area contributed by atoms with Crippen molar-refractivity contribution in [1.82, 2.24) is 5.32 Å². The quantitative estimate of drug-likeness (QED) is 0.649. The van der Waals surface area contributed by atoms with Gasteiger partial charge in [-0.1, -0.05) is 62.4 Å². The minimum Gasteiger partial charge on any atom is -0.464 e. The van der Waals surface area contributed by atoms with E-state index in [1.807, 2.05) is 38.1 Å². The van der Waals surface area contributed by atoms with E-state index < -0.39 is 16.7 Å². The summed E-state index contributed by atoms with van der Waals surface area (Å²) in [6, 6.07) is 16.2. The molecular weight excluding hydrogens is 366 g/mol. The molecule has 1 saturated heterocycles. The molecule has 5 heteroatoms. The Bertz CT molecular complexity index is 1120. The number of carbonyl (C=O) groups excluding carboxylic acids is 3. The van der Waals surface area contributed by atoms with Crippen molar-refractivity contribution in [2.75, 3.05) is 6.61 Å². The number of ether oxygens (including phenoxy) is 1. The fourth-order valence-corrected chi connectivity index (χ4v) is 6.85. The molecule has 146 valence electrons. The number of nitrogens with one attached hydrogen (secondary N) is 1. The first-order chi connectivity index (χ1) is 14.0. The highest BCUT2D eigenvalue weighted by molar-refractivity contribution is 6.10. The van der Waals surface area contributed by atoms with Gasteiger partial charge in [-0.05, 0) is 22.3 Å². The minimum absolute atomic E-state index is 0.0668. The second-order valence-corrected chi connectivity index (χ2v) is 9.00. The van der Waals surface area contributed by atoms with Crippen molar-refractivity contribution < 1.29 is 19.1 Å². The molecule has 2 aromatic rings. The zero-order chi connectivity index (χ0) is 20.1. The largest absolute Gasteiger partial charge is 0.464 e. The van der Waals surface area contributed by atoms with Gasteiger partial charge >= 0.3 is 5.97 Å². The molecule has 2 fully saturated rings. The van der Waals surface area contributed by atoms with Gasteiger partial charge in [-0.3, -0.25) is 19.7 Å². The van der Waals surface area contributed by atoms with Gasteiger partial charge in [0.2, 0.25) is 11.8 Å². The van der Waals surface area contributed by atoms with E-state index in [1.54, 1.807) is 0 Å². The van der Waals surface area contributed by atoms with Crippen LogP contribution in [0.25, 0.3) is 0 Å². The topological polar surface area (TPSA) is 72.5 Å². The Kier molecular flexibility index (Phi) is 3.01. The highest BCUT2D eigenvalue weighted by Gasteiger charge is 2.86. The molecule has 4 aliphatic rings. The number of hydrogen-bond acceptors (Lipinski definition) is 4. The van der Waals surface area contributed by atoms with Crippen LogP contribution < -0.4 is 5.32 Å². The lowest BCUT2D eigenvalue weighted by atomic mass is 9.32. The molecule has 3 aliphatic carbocycles. The second-order valence-electron chi connectivity index (χ2n) is 9.00. The third-order valence-electron chi connectivity index (χ3n) is 7.73. The summed E-state index contributed by atoms with van der Waals surface area (Å²) in [5.41, 5.74) is 3.32. The Balaban J connectivity index is 1.61. The number of carbonyl (C=O) groups is 3. The summed E-state index contributed by atoms with van der Waals surface area (Å²) in [7, 11) is 0. The van der Waals surface area contributed by atoms with Gasteiger partial charge in [-0.15, -0.1) is 0 Å². The lowest BCUT2D eigenvalue weighted by Crippen LogP contribution is -2.73. The molecule has 5 atom stereocenters. The van der Waals surface area contributed by atoms with E-state index in [9.17, 15) is 14.4 Å². The minimum atomic E-state index is -0.585.